The van der Waals surface area contributed by atoms with Crippen molar-refractivity contribution in [1.82, 2.24) is 9.80 Å². The molecule has 164 valence electrons. The summed E-state index contributed by atoms with van der Waals surface area (Å²) in [6, 6.07) is 8.56. The van der Waals surface area contributed by atoms with E-state index in [0.717, 1.165) is 50.5 Å². The van der Waals surface area contributed by atoms with Crippen molar-refractivity contribution < 1.29 is 14.3 Å². The van der Waals surface area contributed by atoms with Crippen molar-refractivity contribution in [2.75, 3.05) is 64.0 Å². The molecule has 6 nitrogen and oxygen atoms in total. The summed E-state index contributed by atoms with van der Waals surface area (Å²) in [5, 5.41) is 0. The van der Waals surface area contributed by atoms with Crippen molar-refractivity contribution in [1.29, 1.82) is 0 Å². The van der Waals surface area contributed by atoms with Gasteiger partial charge in [0, 0.05) is 31.4 Å². The number of likely N-dealkylation sites (tertiary alicyclic amines) is 1. The molecule has 1 saturated carbocycles. The zero-order valence-electron chi connectivity index (χ0n) is 18.1. The number of nitrogens with zero attached hydrogens (tertiary/aromatic N) is 3. The van der Waals surface area contributed by atoms with Crippen LogP contribution in [-0.4, -0.2) is 86.4 Å². The Labute approximate surface area is 180 Å². The van der Waals surface area contributed by atoms with Gasteiger partial charge in [0.05, 0.1) is 31.9 Å². The van der Waals surface area contributed by atoms with Gasteiger partial charge in [0.2, 0.25) is 0 Å². The molecule has 4 aliphatic rings. The molecule has 6 heteroatoms. The van der Waals surface area contributed by atoms with E-state index in [1.807, 2.05) is 18.2 Å². The van der Waals surface area contributed by atoms with Gasteiger partial charge in [0.15, 0.2) is 0 Å². The van der Waals surface area contributed by atoms with Crippen LogP contribution in [-0.2, 0) is 9.47 Å². The highest BCUT2D eigenvalue weighted by Gasteiger charge is 2.48. The van der Waals surface area contributed by atoms with Crippen molar-refractivity contribution >= 4 is 11.6 Å². The van der Waals surface area contributed by atoms with Crippen LogP contribution < -0.4 is 4.90 Å². The van der Waals surface area contributed by atoms with Gasteiger partial charge < -0.3 is 19.3 Å². The van der Waals surface area contributed by atoms with Crippen LogP contribution in [0.1, 0.15) is 48.9 Å². The molecule has 0 bridgehead atoms. The predicted molar refractivity (Wildman–Crippen MR) is 117 cm³/mol. The van der Waals surface area contributed by atoms with Crippen LogP contribution in [0.3, 0.4) is 0 Å². The van der Waals surface area contributed by atoms with Gasteiger partial charge >= 0.3 is 0 Å². The summed E-state index contributed by atoms with van der Waals surface area (Å²) in [5.41, 5.74) is 1.68. The smallest absolute Gasteiger partial charge is 0.256 e. The Morgan fingerprint density at radius 3 is 2.57 bits per heavy atom. The second-order valence-corrected chi connectivity index (χ2v) is 9.26. The highest BCUT2D eigenvalue weighted by Crippen LogP contribution is 2.39. The third kappa shape index (κ3) is 3.85. The first-order valence-corrected chi connectivity index (χ1v) is 11.9. The molecule has 0 aromatic heterocycles. The van der Waals surface area contributed by atoms with Crippen LogP contribution in [0.15, 0.2) is 24.3 Å². The fourth-order valence-electron chi connectivity index (χ4n) is 6.00. The van der Waals surface area contributed by atoms with E-state index in [-0.39, 0.29) is 11.5 Å². The Morgan fingerprint density at radius 1 is 0.933 bits per heavy atom. The number of hydrogen-bond donors (Lipinski definition) is 0. The zero-order chi connectivity index (χ0) is 20.4. The lowest BCUT2D eigenvalue weighted by atomic mass is 9.78. The number of carbonyl (C=O) groups excluding carboxylic acids is 1. The number of anilines is 1. The van der Waals surface area contributed by atoms with Crippen LogP contribution in [0.4, 0.5) is 5.69 Å². The SMILES string of the molecule is O=C(c1ccccc1N1CCOCC1)N1CCO[C@@]2(CCCC[C@H]2N2CCCC2)C1. The second kappa shape index (κ2) is 8.85. The molecule has 2 atom stereocenters. The number of benzene rings is 1. The minimum absolute atomic E-state index is 0.158. The molecule has 0 N–H and O–H groups in total. The number of ether oxygens (including phenoxy) is 2. The van der Waals surface area contributed by atoms with E-state index >= 15 is 0 Å². The van der Waals surface area contributed by atoms with Gasteiger partial charge in [0.1, 0.15) is 5.60 Å². The van der Waals surface area contributed by atoms with Gasteiger partial charge in [-0.25, -0.2) is 0 Å². The van der Waals surface area contributed by atoms with E-state index in [4.69, 9.17) is 9.47 Å². The monoisotopic (exact) mass is 413 g/mol. The Bertz CT molecular complexity index is 741. The summed E-state index contributed by atoms with van der Waals surface area (Å²) in [4.78, 5) is 20.7. The Balaban J connectivity index is 1.38. The highest BCUT2D eigenvalue weighted by atomic mass is 16.5. The molecule has 3 saturated heterocycles. The fraction of sp³-hybridized carbons (Fsp3) is 0.708. The molecule has 4 fully saturated rings. The largest absolute Gasteiger partial charge is 0.378 e. The highest BCUT2D eigenvalue weighted by molar-refractivity contribution is 6.00. The lowest BCUT2D eigenvalue weighted by Gasteiger charge is -2.52. The molecule has 1 aromatic rings. The minimum Gasteiger partial charge on any atom is -0.378 e. The quantitative estimate of drug-likeness (QED) is 0.763. The summed E-state index contributed by atoms with van der Waals surface area (Å²) in [6.07, 6.45) is 7.34. The average Bonchev–Trinajstić information content (AvgIpc) is 3.34. The van der Waals surface area contributed by atoms with E-state index in [1.165, 1.54) is 45.2 Å². The summed E-state index contributed by atoms with van der Waals surface area (Å²) >= 11 is 0. The Hall–Kier alpha value is -1.63. The molecule has 1 aromatic carbocycles. The summed E-state index contributed by atoms with van der Waals surface area (Å²) in [7, 11) is 0. The van der Waals surface area contributed by atoms with Crippen LogP contribution in [0.25, 0.3) is 0 Å². The third-order valence-electron chi connectivity index (χ3n) is 7.50. The van der Waals surface area contributed by atoms with Gasteiger partial charge in [-0.1, -0.05) is 25.0 Å². The van der Waals surface area contributed by atoms with Crippen molar-refractivity contribution in [3.05, 3.63) is 29.8 Å². The van der Waals surface area contributed by atoms with Gasteiger partial charge in [-0.2, -0.15) is 0 Å². The van der Waals surface area contributed by atoms with Crippen molar-refractivity contribution in [3.63, 3.8) is 0 Å². The standard InChI is InChI=1S/C24H35N3O3/c28-23(20-7-1-2-8-21(20)25-13-16-29-17-14-25)27-15-18-30-24(19-27)10-4-3-9-22(24)26-11-5-6-12-26/h1-2,7-8,22H,3-6,9-19H2/t22-,24+/m1/s1. The molecule has 5 rings (SSSR count). The second-order valence-electron chi connectivity index (χ2n) is 9.26. The van der Waals surface area contributed by atoms with Crippen molar-refractivity contribution in [2.45, 2.75) is 50.2 Å². The van der Waals surface area contributed by atoms with Crippen molar-refractivity contribution in [2.24, 2.45) is 0 Å². The number of rotatable bonds is 3. The normalized spacial score (nSPS) is 30.7. The van der Waals surface area contributed by atoms with E-state index < -0.39 is 0 Å². The molecule has 0 radical (unpaired) electrons. The Kier molecular flexibility index (Phi) is 5.98. The van der Waals surface area contributed by atoms with E-state index in [0.29, 0.717) is 19.2 Å². The molecule has 1 aliphatic carbocycles. The maximum Gasteiger partial charge on any atom is 0.256 e. The lowest BCUT2D eigenvalue weighted by Crippen LogP contribution is -2.64. The van der Waals surface area contributed by atoms with E-state index in [2.05, 4.69) is 20.8 Å². The fourth-order valence-corrected chi connectivity index (χ4v) is 6.00. The Morgan fingerprint density at radius 2 is 1.73 bits per heavy atom. The molecular formula is C24H35N3O3. The number of para-hydroxylation sites is 1. The zero-order valence-corrected chi connectivity index (χ0v) is 18.1. The van der Waals surface area contributed by atoms with Gasteiger partial charge in [-0.05, 0) is 50.9 Å². The van der Waals surface area contributed by atoms with Crippen LogP contribution in [0, 0.1) is 0 Å². The first-order valence-electron chi connectivity index (χ1n) is 11.9. The number of carbonyl (C=O) groups is 1. The lowest BCUT2D eigenvalue weighted by molar-refractivity contribution is -0.156. The van der Waals surface area contributed by atoms with Crippen LogP contribution in [0.5, 0.6) is 0 Å². The molecule has 30 heavy (non-hydrogen) atoms. The molecule has 3 heterocycles. The molecule has 1 amide bonds. The molecule has 1 spiro atoms. The number of morpholine rings is 2. The van der Waals surface area contributed by atoms with Gasteiger partial charge in [-0.15, -0.1) is 0 Å². The van der Waals surface area contributed by atoms with E-state index in [1.54, 1.807) is 0 Å². The first kappa shape index (κ1) is 20.3. The third-order valence-corrected chi connectivity index (χ3v) is 7.50. The van der Waals surface area contributed by atoms with Crippen LogP contribution in [0.2, 0.25) is 0 Å². The van der Waals surface area contributed by atoms with Gasteiger partial charge in [-0.3, -0.25) is 9.69 Å². The number of amides is 1. The van der Waals surface area contributed by atoms with Crippen molar-refractivity contribution in [3.8, 4) is 0 Å². The minimum atomic E-state index is -0.190. The first-order chi connectivity index (χ1) is 14.8. The topological polar surface area (TPSA) is 45.3 Å². The maximum absolute atomic E-state index is 13.7. The predicted octanol–water partition coefficient (Wildman–Crippen LogP) is 2.77. The maximum atomic E-state index is 13.7. The van der Waals surface area contributed by atoms with Crippen LogP contribution >= 0.6 is 0 Å². The molecule has 3 aliphatic heterocycles. The summed E-state index contributed by atoms with van der Waals surface area (Å²) < 4.78 is 12.0. The average molecular weight is 414 g/mol. The summed E-state index contributed by atoms with van der Waals surface area (Å²) in [6.45, 7) is 7.56. The number of hydrogen-bond acceptors (Lipinski definition) is 5. The summed E-state index contributed by atoms with van der Waals surface area (Å²) in [5.74, 6) is 0.158. The van der Waals surface area contributed by atoms with E-state index in [9.17, 15) is 4.79 Å². The van der Waals surface area contributed by atoms with Gasteiger partial charge in [0.25, 0.3) is 5.91 Å². The molecule has 0 unspecified atom stereocenters. The molecular weight excluding hydrogens is 378 g/mol.